The highest BCUT2D eigenvalue weighted by Gasteiger charge is 2.48. The first-order valence-corrected chi connectivity index (χ1v) is 11.4. The summed E-state index contributed by atoms with van der Waals surface area (Å²) in [5.74, 6) is 0.503. The number of nitrogens with one attached hydrogen (secondary N) is 1. The van der Waals surface area contributed by atoms with Gasteiger partial charge in [0.05, 0.1) is 18.8 Å². The lowest BCUT2D eigenvalue weighted by Gasteiger charge is -2.28. The molecule has 0 bridgehead atoms. The number of nitrogens with zero attached hydrogens (tertiary/aromatic N) is 2. The van der Waals surface area contributed by atoms with Crippen LogP contribution in [0.3, 0.4) is 0 Å². The summed E-state index contributed by atoms with van der Waals surface area (Å²) < 4.78 is 5.26. The van der Waals surface area contributed by atoms with Crippen LogP contribution in [-0.2, 0) is 10.2 Å². The third kappa shape index (κ3) is 4.40. The van der Waals surface area contributed by atoms with E-state index in [0.717, 1.165) is 28.1 Å². The second-order valence-corrected chi connectivity index (χ2v) is 10.2. The number of rotatable bonds is 5. The minimum absolute atomic E-state index is 0.00490. The van der Waals surface area contributed by atoms with Gasteiger partial charge < -0.3 is 10.1 Å². The van der Waals surface area contributed by atoms with E-state index in [4.69, 9.17) is 4.74 Å². The summed E-state index contributed by atoms with van der Waals surface area (Å²) in [6.07, 6.45) is 1.72. The number of ether oxygens (including phenoxy) is 1. The van der Waals surface area contributed by atoms with Crippen LogP contribution in [0.1, 0.15) is 57.4 Å². The molecule has 2 heterocycles. The van der Waals surface area contributed by atoms with Gasteiger partial charge in [-0.15, -0.1) is 0 Å². The number of methoxy groups -OCH3 is 1. The molecular weight excluding hydrogens is 426 g/mol. The topological polar surface area (TPSA) is 71.5 Å². The molecule has 1 N–H and O–H groups in total. The minimum Gasteiger partial charge on any atom is -0.497 e. The predicted octanol–water partition coefficient (Wildman–Crippen LogP) is 5.47. The maximum absolute atomic E-state index is 13.3. The number of amides is 3. The van der Waals surface area contributed by atoms with Gasteiger partial charge in [-0.3, -0.25) is 14.7 Å². The van der Waals surface area contributed by atoms with Crippen LogP contribution in [0.25, 0.3) is 11.3 Å². The van der Waals surface area contributed by atoms with Gasteiger partial charge >= 0.3 is 6.03 Å². The first-order chi connectivity index (χ1) is 16.0. The summed E-state index contributed by atoms with van der Waals surface area (Å²) in [6, 6.07) is 18.6. The van der Waals surface area contributed by atoms with Crippen LogP contribution in [0.4, 0.5) is 4.79 Å². The van der Waals surface area contributed by atoms with Crippen molar-refractivity contribution in [1.29, 1.82) is 0 Å². The zero-order valence-corrected chi connectivity index (χ0v) is 20.5. The summed E-state index contributed by atoms with van der Waals surface area (Å²) in [5.41, 5.74) is 3.55. The fourth-order valence-corrected chi connectivity index (χ4v) is 4.20. The third-order valence-electron chi connectivity index (χ3n) is 6.23. The van der Waals surface area contributed by atoms with Crippen molar-refractivity contribution in [2.45, 2.75) is 51.6 Å². The van der Waals surface area contributed by atoms with Crippen molar-refractivity contribution in [2.24, 2.45) is 0 Å². The molecule has 1 fully saturated rings. The van der Waals surface area contributed by atoms with Crippen molar-refractivity contribution < 1.29 is 14.3 Å². The number of imide groups is 1. The largest absolute Gasteiger partial charge is 0.497 e. The fourth-order valence-electron chi connectivity index (χ4n) is 4.20. The van der Waals surface area contributed by atoms with Gasteiger partial charge in [0.2, 0.25) is 0 Å². The molecule has 2 aromatic carbocycles. The molecule has 1 atom stereocenters. The normalized spacial score (nSPS) is 16.4. The number of carbonyl (C=O) groups is 2. The number of carbonyl (C=O) groups excluding carboxylic acids is 2. The average molecular weight is 458 g/mol. The Morgan fingerprint density at radius 3 is 2.12 bits per heavy atom. The number of hydrogen-bond donors (Lipinski definition) is 1. The Labute approximate surface area is 201 Å². The molecule has 6 heteroatoms. The summed E-state index contributed by atoms with van der Waals surface area (Å²) in [6.45, 7) is 9.92. The van der Waals surface area contributed by atoms with E-state index in [0.29, 0.717) is 0 Å². The standard InChI is InChI=1S/C28H31N3O3/c1-27(2,3)21-11-7-19(8-12-21)24(31-25(32)28(4,5)30-26(31)33)20-15-16-29-23(17-20)18-9-13-22(34-6)14-10-18/h7-17,24H,1-6H3,(H,30,33). The highest BCUT2D eigenvalue weighted by molar-refractivity contribution is 6.07. The molecule has 6 nitrogen and oxygen atoms in total. The van der Waals surface area contributed by atoms with Crippen molar-refractivity contribution in [3.05, 3.63) is 83.6 Å². The van der Waals surface area contributed by atoms with E-state index in [1.807, 2.05) is 48.5 Å². The van der Waals surface area contributed by atoms with Crippen LogP contribution < -0.4 is 10.1 Å². The molecular formula is C28H31N3O3. The van der Waals surface area contributed by atoms with Crippen molar-refractivity contribution in [3.63, 3.8) is 0 Å². The molecule has 1 saturated heterocycles. The number of pyridine rings is 1. The highest BCUT2D eigenvalue weighted by Crippen LogP contribution is 2.36. The Balaban J connectivity index is 1.82. The molecule has 1 unspecified atom stereocenters. The van der Waals surface area contributed by atoms with Crippen LogP contribution in [0.2, 0.25) is 0 Å². The fraction of sp³-hybridized carbons (Fsp3) is 0.321. The van der Waals surface area contributed by atoms with Crippen LogP contribution in [0.5, 0.6) is 5.75 Å². The van der Waals surface area contributed by atoms with Crippen molar-refractivity contribution in [3.8, 4) is 17.0 Å². The van der Waals surface area contributed by atoms with Crippen LogP contribution in [0, 0.1) is 0 Å². The van der Waals surface area contributed by atoms with Crippen molar-refractivity contribution in [2.75, 3.05) is 7.11 Å². The minimum atomic E-state index is -0.966. The molecule has 3 aromatic rings. The molecule has 1 aliphatic rings. The molecule has 1 aromatic heterocycles. The van der Waals surface area contributed by atoms with Gasteiger partial charge in [-0.25, -0.2) is 4.79 Å². The Morgan fingerprint density at radius 2 is 1.59 bits per heavy atom. The predicted molar refractivity (Wildman–Crippen MR) is 133 cm³/mol. The maximum atomic E-state index is 13.3. The van der Waals surface area contributed by atoms with E-state index >= 15 is 0 Å². The quantitative estimate of drug-likeness (QED) is 0.516. The van der Waals surface area contributed by atoms with E-state index < -0.39 is 17.6 Å². The first-order valence-electron chi connectivity index (χ1n) is 11.4. The van der Waals surface area contributed by atoms with Crippen molar-refractivity contribution >= 4 is 11.9 Å². The summed E-state index contributed by atoms with van der Waals surface area (Å²) in [7, 11) is 1.63. The number of urea groups is 1. The SMILES string of the molecule is COc1ccc(-c2cc(C(c3ccc(C(C)(C)C)cc3)N3C(=O)NC(C)(C)C3=O)ccn2)cc1. The molecule has 0 saturated carbocycles. The van der Waals surface area contributed by atoms with E-state index in [-0.39, 0.29) is 11.3 Å². The number of aromatic nitrogens is 1. The molecule has 34 heavy (non-hydrogen) atoms. The molecule has 1 aliphatic heterocycles. The molecule has 0 spiro atoms. The maximum Gasteiger partial charge on any atom is 0.325 e. The molecule has 176 valence electrons. The van der Waals surface area contributed by atoms with Crippen molar-refractivity contribution in [1.82, 2.24) is 15.2 Å². The Morgan fingerprint density at radius 1 is 0.941 bits per heavy atom. The van der Waals surface area contributed by atoms with E-state index in [1.54, 1.807) is 27.2 Å². The average Bonchev–Trinajstić information content (AvgIpc) is 3.01. The van der Waals surface area contributed by atoms with Crippen LogP contribution in [0.15, 0.2) is 66.9 Å². The lowest BCUT2D eigenvalue weighted by molar-refractivity contribution is -0.131. The van der Waals surface area contributed by atoms with Gasteiger partial charge in [0, 0.05) is 11.8 Å². The van der Waals surface area contributed by atoms with E-state index in [9.17, 15) is 9.59 Å². The van der Waals surface area contributed by atoms with Gasteiger partial charge in [-0.2, -0.15) is 0 Å². The molecule has 3 amide bonds. The highest BCUT2D eigenvalue weighted by atomic mass is 16.5. The third-order valence-corrected chi connectivity index (χ3v) is 6.23. The monoisotopic (exact) mass is 457 g/mol. The van der Waals surface area contributed by atoms with Gasteiger partial charge in [-0.05, 0) is 72.4 Å². The smallest absolute Gasteiger partial charge is 0.325 e. The van der Waals surface area contributed by atoms with Gasteiger partial charge in [0.15, 0.2) is 0 Å². The van der Waals surface area contributed by atoms with Gasteiger partial charge in [-0.1, -0.05) is 45.0 Å². The molecule has 4 rings (SSSR count). The second kappa shape index (κ2) is 8.60. The summed E-state index contributed by atoms with van der Waals surface area (Å²) in [5, 5.41) is 2.82. The summed E-state index contributed by atoms with van der Waals surface area (Å²) >= 11 is 0. The zero-order chi connectivity index (χ0) is 24.7. The Kier molecular flexibility index (Phi) is 5.94. The zero-order valence-electron chi connectivity index (χ0n) is 20.5. The van der Waals surface area contributed by atoms with E-state index in [2.05, 4.69) is 43.2 Å². The van der Waals surface area contributed by atoms with Gasteiger partial charge in [0.25, 0.3) is 5.91 Å². The Hall–Kier alpha value is -3.67. The molecule has 0 aliphatic carbocycles. The number of hydrogen-bond acceptors (Lipinski definition) is 4. The lowest BCUT2D eigenvalue weighted by Crippen LogP contribution is -2.41. The van der Waals surface area contributed by atoms with Gasteiger partial charge in [0.1, 0.15) is 11.3 Å². The lowest BCUT2D eigenvalue weighted by atomic mass is 9.85. The number of benzene rings is 2. The Bertz CT molecular complexity index is 1210. The van der Waals surface area contributed by atoms with Crippen LogP contribution >= 0.6 is 0 Å². The summed E-state index contributed by atoms with van der Waals surface area (Å²) in [4.78, 5) is 32.2. The first kappa shape index (κ1) is 23.5. The van der Waals surface area contributed by atoms with Crippen LogP contribution in [-0.4, -0.2) is 34.5 Å². The second-order valence-electron chi connectivity index (χ2n) is 10.2. The van der Waals surface area contributed by atoms with E-state index in [1.165, 1.54) is 10.5 Å². The molecule has 0 radical (unpaired) electrons.